The maximum Gasteiger partial charge on any atom is 0.422 e. The molecule has 1 heterocycles. The third-order valence-corrected chi connectivity index (χ3v) is 3.39. The van der Waals surface area contributed by atoms with E-state index in [-0.39, 0.29) is 6.54 Å². The first kappa shape index (κ1) is 16.2. The van der Waals surface area contributed by atoms with Crippen LogP contribution in [0.4, 0.5) is 18.0 Å². The molecule has 112 valence electrons. The van der Waals surface area contributed by atoms with E-state index < -0.39 is 23.7 Å². The Morgan fingerprint density at radius 3 is 2.45 bits per heavy atom. The number of aliphatic carboxylic acids is 1. The van der Waals surface area contributed by atoms with Gasteiger partial charge >= 0.3 is 18.2 Å². The number of rotatable bonds is 4. The van der Waals surface area contributed by atoms with Crippen molar-refractivity contribution in [2.75, 3.05) is 0 Å². The van der Waals surface area contributed by atoms with Gasteiger partial charge in [-0.05, 0) is 13.8 Å². The van der Waals surface area contributed by atoms with Crippen LogP contribution in [0.15, 0.2) is 5.38 Å². The van der Waals surface area contributed by atoms with E-state index >= 15 is 0 Å². The molecule has 0 aliphatic rings. The second kappa shape index (κ2) is 5.65. The molecule has 1 unspecified atom stereocenters. The number of amides is 2. The number of hydrogen-bond donors (Lipinski definition) is 3. The van der Waals surface area contributed by atoms with Gasteiger partial charge in [0.2, 0.25) is 5.54 Å². The molecule has 0 saturated carbocycles. The Morgan fingerprint density at radius 2 is 2.05 bits per heavy atom. The van der Waals surface area contributed by atoms with Gasteiger partial charge in [-0.3, -0.25) is 0 Å². The van der Waals surface area contributed by atoms with E-state index in [0.717, 1.165) is 5.69 Å². The number of aryl methyl sites for hydroxylation is 1. The Labute approximate surface area is 116 Å². The summed E-state index contributed by atoms with van der Waals surface area (Å²) in [6.07, 6.45) is -5.12. The minimum atomic E-state index is -5.12. The molecular weight excluding hydrogens is 299 g/mol. The predicted molar refractivity (Wildman–Crippen MR) is 64.3 cm³/mol. The molecule has 0 saturated heterocycles. The monoisotopic (exact) mass is 311 g/mol. The van der Waals surface area contributed by atoms with Crippen LogP contribution >= 0.6 is 11.3 Å². The summed E-state index contributed by atoms with van der Waals surface area (Å²) >= 11 is 1.23. The van der Waals surface area contributed by atoms with Gasteiger partial charge in [-0.15, -0.1) is 11.3 Å². The van der Waals surface area contributed by atoms with Crippen molar-refractivity contribution in [3.05, 3.63) is 16.1 Å². The highest BCUT2D eigenvalue weighted by Gasteiger charge is 2.58. The van der Waals surface area contributed by atoms with Crippen LogP contribution in [0.3, 0.4) is 0 Å². The topological polar surface area (TPSA) is 91.3 Å². The number of carbonyl (C=O) groups excluding carboxylic acids is 1. The zero-order chi connectivity index (χ0) is 15.6. The lowest BCUT2D eigenvalue weighted by Crippen LogP contribution is -2.63. The Kier molecular flexibility index (Phi) is 4.58. The zero-order valence-electron chi connectivity index (χ0n) is 10.5. The summed E-state index contributed by atoms with van der Waals surface area (Å²) in [6.45, 7) is 2.02. The average Bonchev–Trinajstić information content (AvgIpc) is 2.70. The van der Waals surface area contributed by atoms with Crippen molar-refractivity contribution >= 4 is 23.3 Å². The number of carboxylic acids is 1. The molecule has 3 N–H and O–H groups in total. The van der Waals surface area contributed by atoms with Crippen LogP contribution < -0.4 is 10.6 Å². The first-order valence-electron chi connectivity index (χ1n) is 5.33. The molecule has 20 heavy (non-hydrogen) atoms. The zero-order valence-corrected chi connectivity index (χ0v) is 11.4. The first-order chi connectivity index (χ1) is 9.06. The van der Waals surface area contributed by atoms with Gasteiger partial charge in [0.05, 0.1) is 6.54 Å². The molecule has 1 atom stereocenters. The predicted octanol–water partition coefficient (Wildman–Crippen LogP) is 1.66. The highest BCUT2D eigenvalue weighted by atomic mass is 32.1. The van der Waals surface area contributed by atoms with Crippen LogP contribution in [0, 0.1) is 6.92 Å². The van der Waals surface area contributed by atoms with Crippen LogP contribution in [0.25, 0.3) is 0 Å². The normalized spacial score (nSPS) is 14.4. The first-order valence-corrected chi connectivity index (χ1v) is 6.21. The van der Waals surface area contributed by atoms with Crippen LogP contribution in [0.2, 0.25) is 0 Å². The van der Waals surface area contributed by atoms with E-state index in [1.807, 2.05) is 0 Å². The van der Waals surface area contributed by atoms with E-state index in [2.05, 4.69) is 10.3 Å². The van der Waals surface area contributed by atoms with E-state index in [1.165, 1.54) is 16.7 Å². The molecule has 0 aliphatic carbocycles. The van der Waals surface area contributed by atoms with Gasteiger partial charge in [0.15, 0.2) is 0 Å². The summed E-state index contributed by atoms with van der Waals surface area (Å²) in [5.41, 5.74) is -2.63. The van der Waals surface area contributed by atoms with Gasteiger partial charge in [-0.2, -0.15) is 13.2 Å². The summed E-state index contributed by atoms with van der Waals surface area (Å²) in [6, 6.07) is -1.24. The van der Waals surface area contributed by atoms with Gasteiger partial charge in [0, 0.05) is 11.1 Å². The second-order valence-electron chi connectivity index (χ2n) is 4.12. The molecule has 0 radical (unpaired) electrons. The van der Waals surface area contributed by atoms with Crippen LogP contribution in [0.1, 0.15) is 17.6 Å². The van der Waals surface area contributed by atoms with Crippen LogP contribution in [-0.2, 0) is 11.3 Å². The molecule has 0 fully saturated rings. The van der Waals surface area contributed by atoms with Gasteiger partial charge in [0.1, 0.15) is 5.01 Å². The molecule has 1 rings (SSSR count). The Morgan fingerprint density at radius 1 is 1.45 bits per heavy atom. The summed E-state index contributed by atoms with van der Waals surface area (Å²) in [7, 11) is 0. The van der Waals surface area contributed by atoms with Crippen molar-refractivity contribution in [3.63, 3.8) is 0 Å². The fourth-order valence-electron chi connectivity index (χ4n) is 1.16. The number of halogens is 3. The highest BCUT2D eigenvalue weighted by Crippen LogP contribution is 2.30. The van der Waals surface area contributed by atoms with Gasteiger partial charge in [-0.1, -0.05) is 0 Å². The molecule has 10 heteroatoms. The van der Waals surface area contributed by atoms with Crippen molar-refractivity contribution in [1.29, 1.82) is 0 Å². The lowest BCUT2D eigenvalue weighted by Gasteiger charge is -2.28. The Hall–Kier alpha value is -1.84. The number of nitrogens with zero attached hydrogens (tertiary/aromatic N) is 1. The fraction of sp³-hybridized carbons (Fsp3) is 0.500. The quantitative estimate of drug-likeness (QED) is 0.788. The minimum Gasteiger partial charge on any atom is -0.479 e. The maximum absolute atomic E-state index is 12.6. The second-order valence-corrected chi connectivity index (χ2v) is 5.06. The summed E-state index contributed by atoms with van der Waals surface area (Å²) < 4.78 is 37.9. The largest absolute Gasteiger partial charge is 0.479 e. The van der Waals surface area contributed by atoms with Crippen molar-refractivity contribution in [3.8, 4) is 0 Å². The third kappa shape index (κ3) is 3.59. The highest BCUT2D eigenvalue weighted by molar-refractivity contribution is 7.09. The van der Waals surface area contributed by atoms with E-state index in [9.17, 15) is 22.8 Å². The average molecular weight is 311 g/mol. The van der Waals surface area contributed by atoms with E-state index in [4.69, 9.17) is 5.11 Å². The molecule has 0 aliphatic heterocycles. The number of alkyl halides is 3. The van der Waals surface area contributed by atoms with Crippen molar-refractivity contribution in [1.82, 2.24) is 15.6 Å². The number of aromatic nitrogens is 1. The SMILES string of the molecule is Cc1csc(CNC(=O)NC(C)(C(=O)O)C(F)(F)F)n1. The van der Waals surface area contributed by atoms with E-state index in [1.54, 1.807) is 12.3 Å². The molecule has 6 nitrogen and oxygen atoms in total. The lowest BCUT2D eigenvalue weighted by atomic mass is 10.0. The molecule has 1 aromatic rings. The summed E-state index contributed by atoms with van der Waals surface area (Å²) in [5, 5.41) is 14.4. The summed E-state index contributed by atoms with van der Waals surface area (Å²) in [4.78, 5) is 26.1. The van der Waals surface area contributed by atoms with Gasteiger partial charge in [-0.25, -0.2) is 14.6 Å². The number of nitrogens with one attached hydrogen (secondary N) is 2. The number of thiazole rings is 1. The maximum atomic E-state index is 12.6. The Bertz CT molecular complexity index is 517. The van der Waals surface area contributed by atoms with E-state index in [0.29, 0.717) is 11.9 Å². The number of hydrogen-bond acceptors (Lipinski definition) is 4. The number of carbonyl (C=O) groups is 2. The molecule has 0 bridgehead atoms. The standard InChI is InChI=1S/C10H12F3N3O3S/c1-5-4-20-6(15-5)3-14-8(19)16-9(2,7(17)18)10(11,12)13/h4H,3H2,1-2H3,(H,17,18)(H2,14,16,19). The van der Waals surface area contributed by atoms with Gasteiger partial charge < -0.3 is 15.7 Å². The molecule has 2 amide bonds. The fourth-order valence-corrected chi connectivity index (χ4v) is 1.87. The molecule has 0 spiro atoms. The minimum absolute atomic E-state index is 0.0854. The molecule has 0 aromatic carbocycles. The van der Waals surface area contributed by atoms with Crippen molar-refractivity contribution < 1.29 is 27.9 Å². The summed E-state index contributed by atoms with van der Waals surface area (Å²) in [5.74, 6) is -2.19. The Balaban J connectivity index is 2.66. The number of carboxylic acid groups (broad SMARTS) is 1. The lowest BCUT2D eigenvalue weighted by molar-refractivity contribution is -0.203. The molecular formula is C10H12F3N3O3S. The van der Waals surface area contributed by atoms with Crippen molar-refractivity contribution in [2.24, 2.45) is 0 Å². The smallest absolute Gasteiger partial charge is 0.422 e. The van der Waals surface area contributed by atoms with Crippen LogP contribution in [0.5, 0.6) is 0 Å². The van der Waals surface area contributed by atoms with Crippen molar-refractivity contribution in [2.45, 2.75) is 32.1 Å². The number of urea groups is 1. The van der Waals surface area contributed by atoms with Gasteiger partial charge in [0.25, 0.3) is 0 Å². The third-order valence-electron chi connectivity index (χ3n) is 2.42. The molecule has 1 aromatic heterocycles. The van der Waals surface area contributed by atoms with Crippen LogP contribution in [-0.4, -0.2) is 33.8 Å².